The first kappa shape index (κ1) is 18.2. The van der Waals surface area contributed by atoms with E-state index >= 15 is 0 Å². The van der Waals surface area contributed by atoms with E-state index in [1.165, 1.54) is 18.2 Å². The van der Waals surface area contributed by atoms with E-state index in [1.807, 2.05) is 0 Å². The Bertz CT molecular complexity index is 760. The number of halogens is 2. The molecule has 0 radical (unpaired) electrons. The molecule has 0 fully saturated rings. The standard InChI is InChI=1S/C13H12F2N2O2S4/c1-20-13(17-23(18,19)11-3-2-8-21-11)16-9-4-6-10(7-5-9)22-12(14)15/h2-8,12H,1H3,(H,16,17). The molecular weight excluding hydrogens is 382 g/mol. The summed E-state index contributed by atoms with van der Waals surface area (Å²) in [5.74, 6) is -2.48. The molecule has 0 spiro atoms. The number of rotatable bonds is 5. The van der Waals surface area contributed by atoms with Crippen molar-refractivity contribution < 1.29 is 17.2 Å². The maximum atomic E-state index is 12.3. The first-order valence-electron chi connectivity index (χ1n) is 6.15. The van der Waals surface area contributed by atoms with Gasteiger partial charge in [0.15, 0.2) is 5.17 Å². The summed E-state index contributed by atoms with van der Waals surface area (Å²) < 4.78 is 52.7. The summed E-state index contributed by atoms with van der Waals surface area (Å²) in [6.45, 7) is 0. The van der Waals surface area contributed by atoms with Crippen molar-refractivity contribution in [1.29, 1.82) is 0 Å². The number of nitrogens with zero attached hydrogens (tertiary/aromatic N) is 1. The number of thiophene rings is 1. The molecule has 0 unspecified atom stereocenters. The highest BCUT2D eigenvalue weighted by Crippen LogP contribution is 2.26. The minimum Gasteiger partial charge on any atom is -0.334 e. The lowest BCUT2D eigenvalue weighted by Crippen LogP contribution is -2.10. The molecular formula is C13H12F2N2O2S4. The van der Waals surface area contributed by atoms with Gasteiger partial charge in [-0.1, -0.05) is 29.6 Å². The van der Waals surface area contributed by atoms with Crippen LogP contribution in [0, 0.1) is 0 Å². The molecule has 4 nitrogen and oxygen atoms in total. The Morgan fingerprint density at radius 2 is 1.96 bits per heavy atom. The van der Waals surface area contributed by atoms with Crippen LogP contribution < -0.4 is 5.32 Å². The van der Waals surface area contributed by atoms with Gasteiger partial charge in [-0.2, -0.15) is 17.2 Å². The molecule has 1 N–H and O–H groups in total. The minimum atomic E-state index is -3.75. The van der Waals surface area contributed by atoms with Crippen molar-refractivity contribution >= 4 is 55.7 Å². The molecule has 124 valence electrons. The Kier molecular flexibility index (Phi) is 6.45. The number of thioether (sulfide) groups is 2. The van der Waals surface area contributed by atoms with Gasteiger partial charge in [0, 0.05) is 10.6 Å². The summed E-state index contributed by atoms with van der Waals surface area (Å²) in [6.07, 6.45) is 1.69. The number of nitrogens with one attached hydrogen (secondary N) is 1. The van der Waals surface area contributed by atoms with Crippen LogP contribution >= 0.6 is 34.9 Å². The Balaban J connectivity index is 2.15. The van der Waals surface area contributed by atoms with Crippen LogP contribution in [0.2, 0.25) is 0 Å². The number of anilines is 1. The summed E-state index contributed by atoms with van der Waals surface area (Å²) in [4.78, 5) is 0.430. The molecule has 23 heavy (non-hydrogen) atoms. The number of benzene rings is 1. The number of alkyl halides is 2. The van der Waals surface area contributed by atoms with Gasteiger partial charge in [0.05, 0.1) is 0 Å². The van der Waals surface area contributed by atoms with E-state index in [9.17, 15) is 17.2 Å². The van der Waals surface area contributed by atoms with Gasteiger partial charge in [0.1, 0.15) is 4.21 Å². The van der Waals surface area contributed by atoms with Gasteiger partial charge >= 0.3 is 0 Å². The van der Waals surface area contributed by atoms with E-state index in [1.54, 1.807) is 29.8 Å². The molecule has 0 saturated heterocycles. The van der Waals surface area contributed by atoms with Crippen LogP contribution in [-0.4, -0.2) is 25.6 Å². The maximum Gasteiger partial charge on any atom is 0.294 e. The third-order valence-electron chi connectivity index (χ3n) is 2.48. The lowest BCUT2D eigenvalue weighted by Gasteiger charge is -2.08. The third-order valence-corrected chi connectivity index (χ3v) is 6.54. The first-order valence-corrected chi connectivity index (χ1v) is 10.6. The average Bonchev–Trinajstić information content (AvgIpc) is 3.03. The fourth-order valence-corrected chi connectivity index (χ4v) is 4.65. The average molecular weight is 395 g/mol. The number of hydrogen-bond acceptors (Lipinski definition) is 5. The van der Waals surface area contributed by atoms with Gasteiger partial charge < -0.3 is 5.32 Å². The molecule has 0 aliphatic heterocycles. The zero-order chi connectivity index (χ0) is 16.9. The highest BCUT2D eigenvalue weighted by Gasteiger charge is 2.15. The van der Waals surface area contributed by atoms with Gasteiger partial charge in [-0.25, -0.2) is 0 Å². The lowest BCUT2D eigenvalue weighted by molar-refractivity contribution is 0.252. The second kappa shape index (κ2) is 8.13. The molecule has 2 rings (SSSR count). The van der Waals surface area contributed by atoms with E-state index in [4.69, 9.17) is 0 Å². The summed E-state index contributed by atoms with van der Waals surface area (Å²) >= 11 is 2.68. The van der Waals surface area contributed by atoms with Crippen LogP contribution in [0.5, 0.6) is 0 Å². The van der Waals surface area contributed by atoms with E-state index < -0.39 is 15.8 Å². The normalized spacial score (nSPS) is 12.6. The number of hydrogen-bond donors (Lipinski definition) is 1. The van der Waals surface area contributed by atoms with Crippen molar-refractivity contribution in [2.75, 3.05) is 11.6 Å². The van der Waals surface area contributed by atoms with E-state index in [0.29, 0.717) is 22.3 Å². The first-order chi connectivity index (χ1) is 10.9. The zero-order valence-electron chi connectivity index (χ0n) is 11.8. The molecule has 0 aliphatic rings. The van der Waals surface area contributed by atoms with Crippen LogP contribution in [0.15, 0.2) is 55.3 Å². The zero-order valence-corrected chi connectivity index (χ0v) is 15.0. The van der Waals surface area contributed by atoms with Crippen molar-refractivity contribution in [2.24, 2.45) is 4.40 Å². The van der Waals surface area contributed by atoms with Crippen molar-refractivity contribution in [1.82, 2.24) is 0 Å². The van der Waals surface area contributed by atoms with Gasteiger partial charge in [-0.15, -0.1) is 15.7 Å². The second-order valence-corrected chi connectivity index (χ2v) is 8.67. The van der Waals surface area contributed by atoms with Crippen LogP contribution in [0.4, 0.5) is 14.5 Å². The Labute approximate surface area is 145 Å². The van der Waals surface area contributed by atoms with Gasteiger partial charge in [-0.05, 0) is 42.0 Å². The molecule has 0 amide bonds. The largest absolute Gasteiger partial charge is 0.334 e. The molecule has 1 aromatic heterocycles. The van der Waals surface area contributed by atoms with Crippen molar-refractivity contribution in [3.05, 3.63) is 41.8 Å². The topological polar surface area (TPSA) is 58.5 Å². The van der Waals surface area contributed by atoms with Gasteiger partial charge in [-0.3, -0.25) is 0 Å². The molecule has 0 bridgehead atoms. The van der Waals surface area contributed by atoms with Crippen LogP contribution in [0.3, 0.4) is 0 Å². The van der Waals surface area contributed by atoms with Crippen molar-refractivity contribution in [3.63, 3.8) is 0 Å². The Hall–Kier alpha value is -1.10. The van der Waals surface area contributed by atoms with Crippen LogP contribution in [0.25, 0.3) is 0 Å². The SMILES string of the molecule is CS/C(=N\S(=O)(=O)c1cccs1)Nc1ccc(SC(F)F)cc1. The third kappa shape index (κ3) is 5.48. The summed E-state index contributed by atoms with van der Waals surface area (Å²) in [7, 11) is -3.75. The predicted molar refractivity (Wildman–Crippen MR) is 94.4 cm³/mol. The van der Waals surface area contributed by atoms with E-state index in [0.717, 1.165) is 23.1 Å². The molecule has 1 heterocycles. The number of sulfonamides is 1. The molecule has 0 saturated carbocycles. The predicted octanol–water partition coefficient (Wildman–Crippen LogP) is 4.58. The maximum absolute atomic E-state index is 12.3. The summed E-state index contributed by atoms with van der Waals surface area (Å²) in [5.41, 5.74) is 0.568. The fourth-order valence-electron chi connectivity index (χ4n) is 1.52. The van der Waals surface area contributed by atoms with E-state index in [2.05, 4.69) is 9.71 Å². The highest BCUT2D eigenvalue weighted by atomic mass is 32.2. The Morgan fingerprint density at radius 1 is 1.26 bits per heavy atom. The molecule has 2 aromatic rings. The summed E-state index contributed by atoms with van der Waals surface area (Å²) in [5, 5.41) is 4.73. The lowest BCUT2D eigenvalue weighted by atomic mass is 10.3. The van der Waals surface area contributed by atoms with Crippen molar-refractivity contribution in [2.45, 2.75) is 14.9 Å². The Morgan fingerprint density at radius 3 is 2.48 bits per heavy atom. The smallest absolute Gasteiger partial charge is 0.294 e. The van der Waals surface area contributed by atoms with Gasteiger partial charge in [0.2, 0.25) is 0 Å². The summed E-state index contributed by atoms with van der Waals surface area (Å²) in [6, 6.07) is 9.37. The highest BCUT2D eigenvalue weighted by molar-refractivity contribution is 8.14. The minimum absolute atomic E-state index is 0.162. The van der Waals surface area contributed by atoms with Crippen molar-refractivity contribution in [3.8, 4) is 0 Å². The second-order valence-electron chi connectivity index (χ2n) is 4.04. The quantitative estimate of drug-likeness (QED) is 0.457. The molecule has 0 atom stereocenters. The number of amidine groups is 1. The molecule has 1 aromatic carbocycles. The fraction of sp³-hybridized carbons (Fsp3) is 0.154. The van der Waals surface area contributed by atoms with Gasteiger partial charge in [0.25, 0.3) is 15.8 Å². The van der Waals surface area contributed by atoms with Crippen LogP contribution in [0.1, 0.15) is 0 Å². The monoisotopic (exact) mass is 394 g/mol. The molecule has 0 aliphatic carbocycles. The van der Waals surface area contributed by atoms with Crippen LogP contribution in [-0.2, 0) is 10.0 Å². The van der Waals surface area contributed by atoms with E-state index in [-0.39, 0.29) is 9.38 Å². The molecule has 10 heteroatoms.